The van der Waals surface area contributed by atoms with Crippen molar-refractivity contribution < 1.29 is 19.3 Å². The van der Waals surface area contributed by atoms with Crippen molar-refractivity contribution in [1.29, 1.82) is 0 Å². The number of nitrogens with zero attached hydrogens (tertiary/aromatic N) is 2. The Morgan fingerprint density at radius 2 is 1.87 bits per heavy atom. The zero-order valence-electron chi connectivity index (χ0n) is 11.7. The van der Waals surface area contributed by atoms with Crippen LogP contribution in [-0.2, 0) is 9.63 Å². The molecule has 0 N–H and O–H groups in total. The van der Waals surface area contributed by atoms with Gasteiger partial charge in [-0.1, -0.05) is 37.0 Å². The highest BCUT2D eigenvalue weighted by molar-refractivity contribution is 9.12. The summed E-state index contributed by atoms with van der Waals surface area (Å²) in [5.74, 6) is -0.825. The minimum absolute atomic E-state index is 0.0764. The van der Waals surface area contributed by atoms with Gasteiger partial charge in [-0.05, 0) is 30.7 Å². The molecule has 0 bridgehead atoms. The van der Waals surface area contributed by atoms with Crippen molar-refractivity contribution in [3.8, 4) is 0 Å². The van der Waals surface area contributed by atoms with E-state index in [-0.39, 0.29) is 17.0 Å². The summed E-state index contributed by atoms with van der Waals surface area (Å²) in [5.41, 5.74) is 0.890. The van der Waals surface area contributed by atoms with Gasteiger partial charge in [0.1, 0.15) is 0 Å². The van der Waals surface area contributed by atoms with Gasteiger partial charge in [-0.2, -0.15) is 0 Å². The second kappa shape index (κ2) is 7.14. The summed E-state index contributed by atoms with van der Waals surface area (Å²) in [5, 5.41) is 14.3. The topological polar surface area (TPSA) is 98.9 Å². The largest absolute Gasteiger partial charge is 0.365 e. The van der Waals surface area contributed by atoms with Gasteiger partial charge >= 0.3 is 5.97 Å². The highest BCUT2D eigenvalue weighted by Gasteiger charge is 2.33. The van der Waals surface area contributed by atoms with Crippen LogP contribution in [-0.4, -0.2) is 32.0 Å². The van der Waals surface area contributed by atoms with Crippen LogP contribution in [0, 0.1) is 10.1 Å². The summed E-state index contributed by atoms with van der Waals surface area (Å²) in [4.78, 5) is 37.6. The minimum atomic E-state index is -0.749. The first kappa shape index (κ1) is 17.5. The van der Waals surface area contributed by atoms with Crippen LogP contribution in [0.1, 0.15) is 17.3 Å². The van der Waals surface area contributed by atoms with Crippen LogP contribution in [0.3, 0.4) is 0 Å². The van der Waals surface area contributed by atoms with Crippen LogP contribution in [0.4, 0.5) is 5.69 Å². The monoisotopic (exact) mass is 444 g/mol. The molecular weight excluding hydrogens is 436 g/mol. The zero-order valence-corrected chi connectivity index (χ0v) is 14.9. The predicted molar refractivity (Wildman–Crippen MR) is 90.1 cm³/mol. The molecule has 0 amide bonds. The van der Waals surface area contributed by atoms with Gasteiger partial charge in [-0.3, -0.25) is 14.9 Å². The molecule has 120 valence electrons. The molecule has 1 aromatic rings. The molecule has 1 aliphatic carbocycles. The highest BCUT2D eigenvalue weighted by atomic mass is 79.9. The molecule has 0 radical (unpaired) electrons. The summed E-state index contributed by atoms with van der Waals surface area (Å²) in [6.45, 7) is 1.64. The number of carbonyl (C=O) groups excluding carboxylic acids is 2. The Bertz CT molecular complexity index is 727. The van der Waals surface area contributed by atoms with Gasteiger partial charge in [0.2, 0.25) is 0 Å². The van der Waals surface area contributed by atoms with Gasteiger partial charge in [0.05, 0.1) is 25.9 Å². The molecule has 2 unspecified atom stereocenters. The van der Waals surface area contributed by atoms with Crippen LogP contribution in [0.2, 0.25) is 0 Å². The van der Waals surface area contributed by atoms with Crippen LogP contribution in [0.5, 0.6) is 0 Å². The van der Waals surface area contributed by atoms with Crippen molar-refractivity contribution >= 4 is 55.0 Å². The number of hydrogen-bond donors (Lipinski definition) is 0. The van der Waals surface area contributed by atoms with Gasteiger partial charge in [0.25, 0.3) is 5.69 Å². The quantitative estimate of drug-likeness (QED) is 0.308. The lowest BCUT2D eigenvalue weighted by Gasteiger charge is -2.20. The molecule has 7 nitrogen and oxygen atoms in total. The van der Waals surface area contributed by atoms with E-state index >= 15 is 0 Å². The maximum absolute atomic E-state index is 11.9. The number of nitro benzene ring substituents is 1. The van der Waals surface area contributed by atoms with E-state index in [1.165, 1.54) is 30.3 Å². The average molecular weight is 446 g/mol. The molecule has 0 aromatic heterocycles. The van der Waals surface area contributed by atoms with E-state index in [1.807, 2.05) is 0 Å². The lowest BCUT2D eigenvalue weighted by molar-refractivity contribution is -0.384. The number of oxime groups is 1. The number of allylic oxidation sites excluding steroid dienone is 2. The van der Waals surface area contributed by atoms with E-state index < -0.39 is 20.5 Å². The maximum atomic E-state index is 11.9. The third-order valence-corrected chi connectivity index (χ3v) is 5.74. The fourth-order valence-electron chi connectivity index (χ4n) is 1.82. The van der Waals surface area contributed by atoms with Crippen molar-refractivity contribution in [3.63, 3.8) is 0 Å². The fourth-order valence-corrected chi connectivity index (χ4v) is 2.90. The summed E-state index contributed by atoms with van der Waals surface area (Å²) < 4.78 is 0. The third-order valence-electron chi connectivity index (χ3n) is 3.09. The Kier molecular flexibility index (Phi) is 5.42. The number of Topliss-reactive ketones (excluding diaryl/α,β-unsaturated/α-hetero) is 1. The minimum Gasteiger partial charge on any atom is -0.313 e. The second-order valence-electron chi connectivity index (χ2n) is 4.69. The number of alkyl halides is 2. The Labute approximate surface area is 147 Å². The molecule has 9 heteroatoms. The molecule has 2 rings (SSSR count). The maximum Gasteiger partial charge on any atom is 0.365 e. The average Bonchev–Trinajstić information content (AvgIpc) is 2.54. The van der Waals surface area contributed by atoms with Gasteiger partial charge in [-0.15, -0.1) is 0 Å². The number of nitro groups is 1. The van der Waals surface area contributed by atoms with E-state index in [1.54, 1.807) is 6.92 Å². The first-order valence-electron chi connectivity index (χ1n) is 6.35. The van der Waals surface area contributed by atoms with E-state index in [4.69, 9.17) is 4.84 Å². The Balaban J connectivity index is 2.14. The number of non-ortho nitro benzene ring substituents is 1. The van der Waals surface area contributed by atoms with Crippen molar-refractivity contribution in [2.24, 2.45) is 5.16 Å². The smallest absolute Gasteiger partial charge is 0.313 e. The normalized spacial score (nSPS) is 22.7. The van der Waals surface area contributed by atoms with Crippen molar-refractivity contribution in [2.75, 3.05) is 0 Å². The van der Waals surface area contributed by atoms with Crippen LogP contribution in [0.25, 0.3) is 0 Å². The standard InChI is InChI=1S/C14H10Br2N2O5/c1-7-6-10(11(15)12(16)13(7)19)17-23-14(20)8-2-4-9(5-3-8)18(21)22/h2-6,11-12H,1H3/b17-10-. The summed E-state index contributed by atoms with van der Waals surface area (Å²) in [7, 11) is 0. The molecule has 0 saturated carbocycles. The van der Waals surface area contributed by atoms with E-state index in [2.05, 4.69) is 37.0 Å². The summed E-state index contributed by atoms with van der Waals surface area (Å²) >= 11 is 6.56. The lowest BCUT2D eigenvalue weighted by atomic mass is 9.98. The van der Waals surface area contributed by atoms with Crippen molar-refractivity contribution in [1.82, 2.24) is 0 Å². The Morgan fingerprint density at radius 3 is 2.43 bits per heavy atom. The number of halogens is 2. The second-order valence-corrected chi connectivity index (χ2v) is 6.67. The van der Waals surface area contributed by atoms with E-state index in [0.29, 0.717) is 11.3 Å². The number of benzene rings is 1. The molecule has 1 aliphatic rings. The van der Waals surface area contributed by atoms with Gasteiger partial charge in [0.15, 0.2) is 5.78 Å². The summed E-state index contributed by atoms with van der Waals surface area (Å²) in [6.07, 6.45) is 1.53. The van der Waals surface area contributed by atoms with Gasteiger partial charge in [0, 0.05) is 12.1 Å². The Hall–Kier alpha value is -1.87. The molecular formula is C14H10Br2N2O5. The first-order valence-corrected chi connectivity index (χ1v) is 8.18. The SMILES string of the molecule is CC1=C/C(=N/OC(=O)c2ccc([N+](=O)[O-])cc2)C(Br)C(Br)C1=O. The highest BCUT2D eigenvalue weighted by Crippen LogP contribution is 2.26. The first-order chi connectivity index (χ1) is 10.8. The number of ketones is 1. The van der Waals surface area contributed by atoms with Crippen LogP contribution >= 0.6 is 31.9 Å². The van der Waals surface area contributed by atoms with Gasteiger partial charge in [-0.25, -0.2) is 4.79 Å². The van der Waals surface area contributed by atoms with E-state index in [9.17, 15) is 19.7 Å². The van der Waals surface area contributed by atoms with Crippen molar-refractivity contribution in [3.05, 3.63) is 51.6 Å². The Morgan fingerprint density at radius 1 is 1.26 bits per heavy atom. The van der Waals surface area contributed by atoms with Crippen LogP contribution < -0.4 is 0 Å². The zero-order chi connectivity index (χ0) is 17.1. The molecule has 1 aromatic carbocycles. The number of rotatable bonds is 3. The molecule has 0 heterocycles. The molecule has 0 saturated heterocycles. The predicted octanol–water partition coefficient (Wildman–Crippen LogP) is 3.16. The van der Waals surface area contributed by atoms with E-state index in [0.717, 1.165) is 0 Å². The van der Waals surface area contributed by atoms with Gasteiger partial charge < -0.3 is 4.84 Å². The number of hydrogen-bond acceptors (Lipinski definition) is 6. The van der Waals surface area contributed by atoms with Crippen molar-refractivity contribution in [2.45, 2.75) is 16.6 Å². The molecule has 0 fully saturated rings. The lowest BCUT2D eigenvalue weighted by Crippen LogP contribution is -2.35. The molecule has 23 heavy (non-hydrogen) atoms. The third kappa shape index (κ3) is 3.91. The fraction of sp³-hybridized carbons (Fsp3) is 0.214. The summed E-state index contributed by atoms with van der Waals surface area (Å²) in [6, 6.07) is 4.97. The number of carbonyl (C=O) groups is 2. The van der Waals surface area contributed by atoms with Crippen LogP contribution in [0.15, 0.2) is 41.1 Å². The molecule has 0 aliphatic heterocycles. The molecule has 0 spiro atoms. The molecule has 2 atom stereocenters.